The summed E-state index contributed by atoms with van der Waals surface area (Å²) in [6.45, 7) is 6.56. The second-order valence-electron chi connectivity index (χ2n) is 6.22. The largest absolute Gasteiger partial charge is 0.394 e. The number of hydrogen-bond acceptors (Lipinski definition) is 3. The molecule has 1 saturated carbocycles. The summed E-state index contributed by atoms with van der Waals surface area (Å²) in [6.07, 6.45) is 5.52. The minimum absolute atomic E-state index is 0.0466. The van der Waals surface area contributed by atoms with Crippen molar-refractivity contribution in [3.8, 4) is 0 Å². The van der Waals surface area contributed by atoms with Gasteiger partial charge in [0.1, 0.15) is 0 Å². The van der Waals surface area contributed by atoms with Gasteiger partial charge in [0, 0.05) is 11.6 Å². The van der Waals surface area contributed by atoms with Crippen LogP contribution in [0.15, 0.2) is 0 Å². The summed E-state index contributed by atoms with van der Waals surface area (Å²) >= 11 is 0. The average molecular weight is 256 g/mol. The van der Waals surface area contributed by atoms with Crippen LogP contribution in [0.1, 0.15) is 52.9 Å². The summed E-state index contributed by atoms with van der Waals surface area (Å²) in [5.41, 5.74) is -0.360. The molecule has 106 valence electrons. The van der Waals surface area contributed by atoms with Gasteiger partial charge in [0.25, 0.3) is 0 Å². The van der Waals surface area contributed by atoms with Gasteiger partial charge in [-0.15, -0.1) is 0 Å². The first kappa shape index (κ1) is 15.4. The third-order valence-electron chi connectivity index (χ3n) is 3.60. The lowest BCUT2D eigenvalue weighted by Crippen LogP contribution is -2.51. The highest BCUT2D eigenvalue weighted by Crippen LogP contribution is 2.18. The first-order valence-electron chi connectivity index (χ1n) is 7.10. The molecule has 3 N–H and O–H groups in total. The highest BCUT2D eigenvalue weighted by Gasteiger charge is 2.25. The molecule has 0 radical (unpaired) electrons. The van der Waals surface area contributed by atoms with E-state index < -0.39 is 0 Å². The minimum Gasteiger partial charge on any atom is -0.394 e. The van der Waals surface area contributed by atoms with Crippen LogP contribution in [0.2, 0.25) is 0 Å². The molecule has 4 heteroatoms. The molecule has 1 rings (SSSR count). The molecule has 0 unspecified atom stereocenters. The van der Waals surface area contributed by atoms with E-state index in [1.54, 1.807) is 0 Å². The molecular weight excluding hydrogens is 228 g/mol. The van der Waals surface area contributed by atoms with Crippen molar-refractivity contribution in [1.29, 1.82) is 0 Å². The van der Waals surface area contributed by atoms with E-state index in [2.05, 4.69) is 24.5 Å². The average Bonchev–Trinajstić information content (AvgIpc) is 2.78. The zero-order valence-electron chi connectivity index (χ0n) is 12.0. The number of aliphatic hydroxyl groups is 1. The summed E-state index contributed by atoms with van der Waals surface area (Å²) < 4.78 is 0. The van der Waals surface area contributed by atoms with Gasteiger partial charge in [0.15, 0.2) is 0 Å². The molecule has 1 fully saturated rings. The normalized spacial score (nSPS) is 20.1. The third kappa shape index (κ3) is 5.36. The number of amides is 1. The van der Waals surface area contributed by atoms with Crippen LogP contribution in [0.3, 0.4) is 0 Å². The summed E-state index contributed by atoms with van der Waals surface area (Å²) in [7, 11) is 0. The Hall–Kier alpha value is -0.610. The minimum atomic E-state index is -0.360. The molecule has 0 aromatic carbocycles. The van der Waals surface area contributed by atoms with Crippen LogP contribution in [-0.4, -0.2) is 35.7 Å². The van der Waals surface area contributed by atoms with E-state index in [0.29, 0.717) is 18.5 Å². The second kappa shape index (κ2) is 7.10. The Morgan fingerprint density at radius 2 is 2.00 bits per heavy atom. The lowest BCUT2D eigenvalue weighted by Gasteiger charge is -2.30. The SMILES string of the molecule is CC(C)C[C@@](C)(CO)NCC(=O)NC1CCCC1. The Labute approximate surface area is 111 Å². The number of hydrogen-bond donors (Lipinski definition) is 3. The number of carbonyl (C=O) groups is 1. The predicted octanol–water partition coefficient (Wildman–Crippen LogP) is 1.43. The van der Waals surface area contributed by atoms with Crippen molar-refractivity contribution in [1.82, 2.24) is 10.6 Å². The van der Waals surface area contributed by atoms with Gasteiger partial charge in [0.05, 0.1) is 13.2 Å². The summed E-state index contributed by atoms with van der Waals surface area (Å²) in [5.74, 6) is 0.540. The summed E-state index contributed by atoms with van der Waals surface area (Å²) in [4.78, 5) is 11.8. The smallest absolute Gasteiger partial charge is 0.234 e. The van der Waals surface area contributed by atoms with Crippen molar-refractivity contribution in [2.24, 2.45) is 5.92 Å². The van der Waals surface area contributed by atoms with Gasteiger partial charge in [0.2, 0.25) is 5.91 Å². The van der Waals surface area contributed by atoms with E-state index in [1.165, 1.54) is 12.8 Å². The maximum Gasteiger partial charge on any atom is 0.234 e. The molecule has 0 aromatic rings. The molecule has 0 aliphatic heterocycles. The molecule has 1 aliphatic rings. The second-order valence-corrected chi connectivity index (χ2v) is 6.22. The van der Waals surface area contributed by atoms with Crippen LogP contribution in [-0.2, 0) is 4.79 Å². The Morgan fingerprint density at radius 1 is 1.39 bits per heavy atom. The van der Waals surface area contributed by atoms with Crippen LogP contribution in [0.4, 0.5) is 0 Å². The zero-order valence-corrected chi connectivity index (χ0v) is 12.0. The van der Waals surface area contributed by atoms with E-state index in [0.717, 1.165) is 19.3 Å². The predicted molar refractivity (Wildman–Crippen MR) is 73.3 cm³/mol. The molecule has 4 nitrogen and oxygen atoms in total. The van der Waals surface area contributed by atoms with Crippen LogP contribution < -0.4 is 10.6 Å². The molecule has 0 spiro atoms. The first-order chi connectivity index (χ1) is 8.45. The summed E-state index contributed by atoms with van der Waals surface area (Å²) in [5, 5.41) is 15.7. The van der Waals surface area contributed by atoms with E-state index in [1.807, 2.05) is 6.92 Å². The van der Waals surface area contributed by atoms with Crippen molar-refractivity contribution in [2.75, 3.05) is 13.2 Å². The van der Waals surface area contributed by atoms with Crippen LogP contribution in [0.25, 0.3) is 0 Å². The Bertz CT molecular complexity index is 263. The van der Waals surface area contributed by atoms with Crippen LogP contribution in [0, 0.1) is 5.92 Å². The first-order valence-corrected chi connectivity index (χ1v) is 7.10. The quantitative estimate of drug-likeness (QED) is 0.646. The van der Waals surface area contributed by atoms with Gasteiger partial charge in [-0.25, -0.2) is 0 Å². The number of carbonyl (C=O) groups excluding carboxylic acids is 1. The molecular formula is C14H28N2O2. The van der Waals surface area contributed by atoms with E-state index in [-0.39, 0.29) is 18.1 Å². The van der Waals surface area contributed by atoms with Gasteiger partial charge in [-0.2, -0.15) is 0 Å². The molecule has 1 amide bonds. The fourth-order valence-corrected chi connectivity index (χ4v) is 2.74. The number of rotatable bonds is 7. The van der Waals surface area contributed by atoms with Crippen molar-refractivity contribution in [2.45, 2.75) is 64.5 Å². The molecule has 1 aliphatic carbocycles. The van der Waals surface area contributed by atoms with Crippen LogP contribution >= 0.6 is 0 Å². The monoisotopic (exact) mass is 256 g/mol. The zero-order chi connectivity index (χ0) is 13.6. The number of nitrogens with one attached hydrogen (secondary N) is 2. The third-order valence-corrected chi connectivity index (χ3v) is 3.60. The van der Waals surface area contributed by atoms with E-state index in [9.17, 15) is 9.90 Å². The molecule has 0 bridgehead atoms. The molecule has 1 atom stereocenters. The van der Waals surface area contributed by atoms with Gasteiger partial charge in [-0.1, -0.05) is 26.7 Å². The molecule has 0 aromatic heterocycles. The van der Waals surface area contributed by atoms with Crippen LogP contribution in [0.5, 0.6) is 0 Å². The maximum atomic E-state index is 11.8. The highest BCUT2D eigenvalue weighted by atomic mass is 16.3. The maximum absolute atomic E-state index is 11.8. The van der Waals surface area contributed by atoms with Crippen molar-refractivity contribution in [3.63, 3.8) is 0 Å². The molecule has 0 heterocycles. The molecule has 18 heavy (non-hydrogen) atoms. The summed E-state index contributed by atoms with van der Waals surface area (Å²) in [6, 6.07) is 0.366. The van der Waals surface area contributed by atoms with Gasteiger partial charge >= 0.3 is 0 Å². The fraction of sp³-hybridized carbons (Fsp3) is 0.929. The molecule has 0 saturated heterocycles. The van der Waals surface area contributed by atoms with Crippen molar-refractivity contribution >= 4 is 5.91 Å². The Morgan fingerprint density at radius 3 is 2.50 bits per heavy atom. The Balaban J connectivity index is 2.30. The Kier molecular flexibility index (Phi) is 6.09. The topological polar surface area (TPSA) is 61.4 Å². The van der Waals surface area contributed by atoms with Crippen molar-refractivity contribution in [3.05, 3.63) is 0 Å². The highest BCUT2D eigenvalue weighted by molar-refractivity contribution is 5.78. The standard InChI is InChI=1S/C14H28N2O2/c1-11(2)8-14(3,10-17)15-9-13(18)16-12-6-4-5-7-12/h11-12,15,17H,4-10H2,1-3H3,(H,16,18)/t14-/m0/s1. The van der Waals surface area contributed by atoms with E-state index in [4.69, 9.17) is 0 Å². The van der Waals surface area contributed by atoms with Crippen molar-refractivity contribution < 1.29 is 9.90 Å². The van der Waals surface area contributed by atoms with E-state index >= 15 is 0 Å². The van der Waals surface area contributed by atoms with Gasteiger partial charge in [-0.3, -0.25) is 4.79 Å². The fourth-order valence-electron chi connectivity index (χ4n) is 2.74. The van der Waals surface area contributed by atoms with Gasteiger partial charge < -0.3 is 15.7 Å². The number of aliphatic hydroxyl groups excluding tert-OH is 1. The lowest BCUT2D eigenvalue weighted by atomic mass is 9.91. The van der Waals surface area contributed by atoms with Gasteiger partial charge in [-0.05, 0) is 32.1 Å². The lowest BCUT2D eigenvalue weighted by molar-refractivity contribution is -0.121.